The summed E-state index contributed by atoms with van der Waals surface area (Å²) in [5.74, 6) is -0.581. The zero-order valence-electron chi connectivity index (χ0n) is 16.6. The number of piperazine rings is 1. The monoisotopic (exact) mass is 421 g/mol. The number of nitrogens with zero attached hydrogens (tertiary/aromatic N) is 3. The van der Waals surface area contributed by atoms with Crippen LogP contribution in [-0.2, 0) is 16.1 Å². The van der Waals surface area contributed by atoms with Crippen LogP contribution < -0.4 is 0 Å². The molecule has 154 valence electrons. The van der Waals surface area contributed by atoms with Crippen LogP contribution in [0.5, 0.6) is 0 Å². The molecule has 0 aliphatic carbocycles. The van der Waals surface area contributed by atoms with Gasteiger partial charge in [0.05, 0.1) is 4.91 Å². The van der Waals surface area contributed by atoms with Gasteiger partial charge in [-0.15, -0.1) is 0 Å². The Morgan fingerprint density at radius 1 is 0.900 bits per heavy atom. The highest BCUT2D eigenvalue weighted by Gasteiger charge is 2.37. The van der Waals surface area contributed by atoms with Crippen molar-refractivity contribution in [3.05, 3.63) is 76.7 Å². The van der Waals surface area contributed by atoms with Crippen molar-refractivity contribution in [2.24, 2.45) is 0 Å². The second kappa shape index (κ2) is 9.28. The van der Waals surface area contributed by atoms with Crippen LogP contribution in [0, 0.1) is 0 Å². The Morgan fingerprint density at radius 3 is 2.20 bits per heavy atom. The van der Waals surface area contributed by atoms with Crippen molar-refractivity contribution in [3.63, 3.8) is 0 Å². The first-order valence-corrected chi connectivity index (χ1v) is 10.8. The summed E-state index contributed by atoms with van der Waals surface area (Å²) in [7, 11) is 0. The van der Waals surface area contributed by atoms with Crippen LogP contribution in [0.3, 0.4) is 0 Å². The fraction of sp³-hybridized carbons (Fsp3) is 0.261. The van der Waals surface area contributed by atoms with Crippen molar-refractivity contribution in [1.82, 2.24) is 14.7 Å². The molecule has 0 saturated carbocycles. The summed E-state index contributed by atoms with van der Waals surface area (Å²) in [6.45, 7) is 3.40. The van der Waals surface area contributed by atoms with E-state index in [1.54, 1.807) is 11.0 Å². The molecular weight excluding hydrogens is 398 g/mol. The lowest BCUT2D eigenvalue weighted by molar-refractivity contribution is -0.137. The minimum absolute atomic E-state index is 0.183. The summed E-state index contributed by atoms with van der Waals surface area (Å²) in [5, 5.41) is -0.391. The van der Waals surface area contributed by atoms with E-state index in [2.05, 4.69) is 17.0 Å². The van der Waals surface area contributed by atoms with Gasteiger partial charge in [-0.25, -0.2) is 0 Å². The van der Waals surface area contributed by atoms with E-state index < -0.39 is 11.1 Å². The Labute approximate surface area is 180 Å². The zero-order valence-corrected chi connectivity index (χ0v) is 17.4. The van der Waals surface area contributed by atoms with Crippen LogP contribution in [-0.4, -0.2) is 64.5 Å². The van der Waals surface area contributed by atoms with E-state index in [9.17, 15) is 14.4 Å². The first-order valence-electron chi connectivity index (χ1n) is 9.94. The second-order valence-electron chi connectivity index (χ2n) is 7.32. The number of imide groups is 1. The molecule has 2 aliphatic heterocycles. The smallest absolute Gasteiger partial charge is 0.294 e. The minimum atomic E-state index is -0.398. The highest BCUT2D eigenvalue weighted by Crippen LogP contribution is 2.32. The maximum Gasteiger partial charge on any atom is 0.294 e. The van der Waals surface area contributed by atoms with E-state index >= 15 is 0 Å². The Hall–Kier alpha value is -2.90. The maximum absolute atomic E-state index is 12.7. The average molecular weight is 422 g/mol. The Bertz CT molecular complexity index is 954. The predicted octanol–water partition coefficient (Wildman–Crippen LogP) is 3.07. The van der Waals surface area contributed by atoms with Gasteiger partial charge in [-0.2, -0.15) is 0 Å². The molecule has 0 unspecified atom stereocenters. The van der Waals surface area contributed by atoms with Gasteiger partial charge < -0.3 is 4.90 Å². The van der Waals surface area contributed by atoms with Gasteiger partial charge >= 0.3 is 0 Å². The SMILES string of the molecule is O=C(CN1C(=O)S/C(=C/c2ccccc2)C1=O)N1CCN(Cc2ccccc2)CC1. The van der Waals surface area contributed by atoms with Crippen LogP contribution >= 0.6 is 11.8 Å². The molecule has 4 rings (SSSR count). The summed E-state index contributed by atoms with van der Waals surface area (Å²) in [4.78, 5) is 43.1. The number of carbonyl (C=O) groups is 3. The van der Waals surface area contributed by atoms with Gasteiger partial charge in [-0.05, 0) is 29.0 Å². The fourth-order valence-electron chi connectivity index (χ4n) is 3.57. The third-order valence-electron chi connectivity index (χ3n) is 5.24. The average Bonchev–Trinajstić information content (AvgIpc) is 3.03. The topological polar surface area (TPSA) is 60.9 Å². The van der Waals surface area contributed by atoms with Crippen molar-refractivity contribution in [2.75, 3.05) is 32.7 Å². The zero-order chi connectivity index (χ0) is 20.9. The number of rotatable bonds is 5. The number of benzene rings is 2. The molecule has 0 atom stereocenters. The van der Waals surface area contributed by atoms with Gasteiger partial charge in [-0.3, -0.25) is 24.2 Å². The van der Waals surface area contributed by atoms with Crippen LogP contribution in [0.1, 0.15) is 11.1 Å². The molecule has 0 spiro atoms. The Morgan fingerprint density at radius 2 is 1.53 bits per heavy atom. The van der Waals surface area contributed by atoms with Crippen LogP contribution in [0.4, 0.5) is 4.79 Å². The number of amides is 3. The molecule has 0 bridgehead atoms. The molecular formula is C23H23N3O3S. The molecule has 30 heavy (non-hydrogen) atoms. The lowest BCUT2D eigenvalue weighted by Gasteiger charge is -2.35. The van der Waals surface area contributed by atoms with Gasteiger partial charge in [-0.1, -0.05) is 60.7 Å². The molecule has 2 fully saturated rings. The quantitative estimate of drug-likeness (QED) is 0.695. The van der Waals surface area contributed by atoms with Crippen LogP contribution in [0.2, 0.25) is 0 Å². The van der Waals surface area contributed by atoms with E-state index in [0.717, 1.165) is 41.9 Å². The Balaban J connectivity index is 1.31. The molecule has 2 aromatic rings. The molecule has 0 aromatic heterocycles. The number of thioether (sulfide) groups is 1. The Kier molecular flexibility index (Phi) is 6.30. The maximum atomic E-state index is 12.7. The van der Waals surface area contributed by atoms with Crippen molar-refractivity contribution in [2.45, 2.75) is 6.54 Å². The second-order valence-corrected chi connectivity index (χ2v) is 8.31. The molecule has 0 radical (unpaired) electrons. The van der Waals surface area contributed by atoms with Gasteiger partial charge in [0.15, 0.2) is 0 Å². The third kappa shape index (κ3) is 4.80. The van der Waals surface area contributed by atoms with E-state index in [-0.39, 0.29) is 12.5 Å². The molecule has 6 nitrogen and oxygen atoms in total. The predicted molar refractivity (Wildman–Crippen MR) is 117 cm³/mol. The van der Waals surface area contributed by atoms with Crippen LogP contribution in [0.25, 0.3) is 6.08 Å². The van der Waals surface area contributed by atoms with Crippen molar-refractivity contribution < 1.29 is 14.4 Å². The van der Waals surface area contributed by atoms with Gasteiger partial charge in [0.1, 0.15) is 6.54 Å². The highest BCUT2D eigenvalue weighted by molar-refractivity contribution is 8.18. The van der Waals surface area contributed by atoms with Crippen molar-refractivity contribution >= 4 is 34.9 Å². The summed E-state index contributed by atoms with van der Waals surface area (Å²) in [5.41, 5.74) is 2.10. The summed E-state index contributed by atoms with van der Waals surface area (Å²) in [6.07, 6.45) is 1.69. The first kappa shape index (κ1) is 20.4. The van der Waals surface area contributed by atoms with E-state index in [4.69, 9.17) is 0 Å². The summed E-state index contributed by atoms with van der Waals surface area (Å²) < 4.78 is 0. The minimum Gasteiger partial charge on any atom is -0.339 e. The highest BCUT2D eigenvalue weighted by atomic mass is 32.2. The summed E-state index contributed by atoms with van der Waals surface area (Å²) >= 11 is 0.886. The normalized spacial score (nSPS) is 19.0. The van der Waals surface area contributed by atoms with E-state index in [0.29, 0.717) is 18.0 Å². The van der Waals surface area contributed by atoms with Gasteiger partial charge in [0, 0.05) is 32.7 Å². The molecule has 2 aliphatic rings. The molecule has 7 heteroatoms. The summed E-state index contributed by atoms with van der Waals surface area (Å²) in [6, 6.07) is 19.6. The standard InChI is InChI=1S/C23H23N3O3S/c27-21(25-13-11-24(12-14-25)16-19-9-5-2-6-10-19)17-26-22(28)20(30-23(26)29)15-18-7-3-1-4-8-18/h1-10,15H,11-14,16-17H2/b20-15+. The van der Waals surface area contributed by atoms with Gasteiger partial charge in [0.2, 0.25) is 5.91 Å². The molecule has 2 saturated heterocycles. The molecule has 0 N–H and O–H groups in total. The van der Waals surface area contributed by atoms with Crippen molar-refractivity contribution in [3.8, 4) is 0 Å². The number of hydrogen-bond donors (Lipinski definition) is 0. The third-order valence-corrected chi connectivity index (χ3v) is 6.15. The molecule has 2 aromatic carbocycles. The lowest BCUT2D eigenvalue weighted by atomic mass is 10.2. The first-order chi connectivity index (χ1) is 14.6. The fourth-order valence-corrected chi connectivity index (χ4v) is 4.41. The van der Waals surface area contributed by atoms with Crippen molar-refractivity contribution in [1.29, 1.82) is 0 Å². The van der Waals surface area contributed by atoms with E-state index in [1.807, 2.05) is 48.5 Å². The molecule has 3 amide bonds. The lowest BCUT2D eigenvalue weighted by Crippen LogP contribution is -2.51. The largest absolute Gasteiger partial charge is 0.339 e. The molecule has 2 heterocycles. The van der Waals surface area contributed by atoms with E-state index in [1.165, 1.54) is 5.56 Å². The van der Waals surface area contributed by atoms with Crippen LogP contribution in [0.15, 0.2) is 65.6 Å². The number of carbonyl (C=O) groups excluding carboxylic acids is 3. The number of hydrogen-bond acceptors (Lipinski definition) is 5. The van der Waals surface area contributed by atoms with Gasteiger partial charge in [0.25, 0.3) is 11.1 Å².